The first-order chi connectivity index (χ1) is 12.1. The van der Waals surface area contributed by atoms with E-state index in [2.05, 4.69) is 10.3 Å². The number of aliphatic carboxylic acids is 1. The zero-order chi connectivity index (χ0) is 17.6. The fourth-order valence-electron chi connectivity index (χ4n) is 2.40. The minimum atomic E-state index is -0.943. The number of carboxylic acids is 1. The van der Waals surface area contributed by atoms with Crippen molar-refractivity contribution in [1.29, 1.82) is 0 Å². The molecule has 0 atom stereocenters. The van der Waals surface area contributed by atoms with Crippen molar-refractivity contribution in [2.75, 3.05) is 5.32 Å². The van der Waals surface area contributed by atoms with E-state index in [4.69, 9.17) is 5.11 Å². The van der Waals surface area contributed by atoms with Crippen LogP contribution in [0.2, 0.25) is 0 Å². The predicted octanol–water partition coefficient (Wildman–Crippen LogP) is 3.62. The van der Waals surface area contributed by atoms with Crippen LogP contribution in [-0.4, -0.2) is 22.0 Å². The van der Waals surface area contributed by atoms with Gasteiger partial charge in [-0.25, -0.2) is 4.98 Å². The lowest BCUT2D eigenvalue weighted by Gasteiger charge is -2.05. The van der Waals surface area contributed by atoms with Gasteiger partial charge in [0.1, 0.15) is 0 Å². The third kappa shape index (κ3) is 4.74. The Morgan fingerprint density at radius 1 is 0.960 bits per heavy atom. The summed E-state index contributed by atoms with van der Waals surface area (Å²) in [5, 5.41) is 13.5. The molecule has 2 aromatic carbocycles. The van der Waals surface area contributed by atoms with Gasteiger partial charge >= 0.3 is 5.97 Å². The Hall–Kier alpha value is -2.99. The van der Waals surface area contributed by atoms with E-state index in [9.17, 15) is 9.59 Å². The second-order valence-corrected chi connectivity index (χ2v) is 6.36. The number of benzene rings is 2. The van der Waals surface area contributed by atoms with Gasteiger partial charge in [-0.3, -0.25) is 9.59 Å². The van der Waals surface area contributed by atoms with Crippen LogP contribution in [0, 0.1) is 0 Å². The lowest BCUT2D eigenvalue weighted by molar-refractivity contribution is -0.136. The second kappa shape index (κ2) is 7.72. The van der Waals surface area contributed by atoms with Gasteiger partial charge in [0, 0.05) is 5.38 Å². The Labute approximate surface area is 149 Å². The molecule has 1 aromatic heterocycles. The van der Waals surface area contributed by atoms with E-state index in [1.807, 2.05) is 54.6 Å². The molecule has 0 saturated heterocycles. The zero-order valence-electron chi connectivity index (χ0n) is 13.3. The highest BCUT2D eigenvalue weighted by Crippen LogP contribution is 2.20. The number of thiazole rings is 1. The Bertz CT molecular complexity index is 873. The molecule has 3 rings (SSSR count). The molecule has 126 valence electrons. The van der Waals surface area contributed by atoms with Crippen molar-refractivity contribution >= 4 is 28.3 Å². The number of hydrogen-bond acceptors (Lipinski definition) is 4. The van der Waals surface area contributed by atoms with Crippen LogP contribution in [0.4, 0.5) is 5.13 Å². The lowest BCUT2D eigenvalue weighted by atomic mass is 10.0. The van der Waals surface area contributed by atoms with E-state index >= 15 is 0 Å². The van der Waals surface area contributed by atoms with Gasteiger partial charge in [-0.05, 0) is 16.7 Å². The standard InChI is InChI=1S/C19H16N2O3S/c22-17(21-19-20-16(12-25-19)11-18(23)24)10-13-6-8-15(9-7-13)14-4-2-1-3-5-14/h1-9,12H,10-11H2,(H,23,24)(H,20,21,22). The lowest BCUT2D eigenvalue weighted by Crippen LogP contribution is -2.14. The maximum Gasteiger partial charge on any atom is 0.309 e. The Morgan fingerprint density at radius 3 is 2.32 bits per heavy atom. The SMILES string of the molecule is O=C(O)Cc1csc(NC(=O)Cc2ccc(-c3ccccc3)cc2)n1. The quantitative estimate of drug-likeness (QED) is 0.710. The molecule has 1 amide bonds. The van der Waals surface area contributed by atoms with E-state index in [0.29, 0.717) is 10.8 Å². The van der Waals surface area contributed by atoms with Gasteiger partial charge in [0.2, 0.25) is 5.91 Å². The molecule has 0 saturated carbocycles. The molecule has 5 nitrogen and oxygen atoms in total. The molecular weight excluding hydrogens is 336 g/mol. The molecular formula is C19H16N2O3S. The number of carbonyl (C=O) groups is 2. The first kappa shape index (κ1) is 16.9. The van der Waals surface area contributed by atoms with E-state index in [-0.39, 0.29) is 18.7 Å². The molecule has 1 heterocycles. The molecule has 0 bridgehead atoms. The molecule has 25 heavy (non-hydrogen) atoms. The number of rotatable bonds is 6. The summed E-state index contributed by atoms with van der Waals surface area (Å²) in [6, 6.07) is 17.9. The normalized spacial score (nSPS) is 10.4. The van der Waals surface area contributed by atoms with Gasteiger partial charge in [0.15, 0.2) is 5.13 Å². The van der Waals surface area contributed by atoms with Crippen LogP contribution in [0.3, 0.4) is 0 Å². The van der Waals surface area contributed by atoms with Gasteiger partial charge < -0.3 is 10.4 Å². The average molecular weight is 352 g/mol. The fourth-order valence-corrected chi connectivity index (χ4v) is 3.12. The topological polar surface area (TPSA) is 79.3 Å². The summed E-state index contributed by atoms with van der Waals surface area (Å²) >= 11 is 1.22. The molecule has 0 spiro atoms. The number of carboxylic acid groups (broad SMARTS) is 1. The average Bonchev–Trinajstić information content (AvgIpc) is 3.02. The predicted molar refractivity (Wildman–Crippen MR) is 97.7 cm³/mol. The molecule has 0 aliphatic heterocycles. The first-order valence-electron chi connectivity index (χ1n) is 7.70. The minimum absolute atomic E-state index is 0.146. The minimum Gasteiger partial charge on any atom is -0.481 e. The van der Waals surface area contributed by atoms with Gasteiger partial charge in [-0.2, -0.15) is 0 Å². The first-order valence-corrected chi connectivity index (χ1v) is 8.58. The van der Waals surface area contributed by atoms with Crippen LogP contribution in [-0.2, 0) is 22.4 Å². The van der Waals surface area contributed by atoms with Crippen molar-refractivity contribution in [3.05, 3.63) is 71.2 Å². The third-order valence-corrected chi connectivity index (χ3v) is 4.36. The van der Waals surface area contributed by atoms with E-state index in [0.717, 1.165) is 16.7 Å². The number of nitrogens with one attached hydrogen (secondary N) is 1. The van der Waals surface area contributed by atoms with Crippen LogP contribution in [0.15, 0.2) is 60.0 Å². The van der Waals surface area contributed by atoms with Crippen molar-refractivity contribution in [3.63, 3.8) is 0 Å². The van der Waals surface area contributed by atoms with Crippen molar-refractivity contribution in [2.45, 2.75) is 12.8 Å². The molecule has 0 aliphatic carbocycles. The van der Waals surface area contributed by atoms with Crippen molar-refractivity contribution in [3.8, 4) is 11.1 Å². The number of anilines is 1. The Kier molecular flexibility index (Phi) is 5.20. The summed E-state index contributed by atoms with van der Waals surface area (Å²) < 4.78 is 0. The van der Waals surface area contributed by atoms with E-state index < -0.39 is 5.97 Å². The summed E-state index contributed by atoms with van der Waals surface area (Å²) in [5.74, 6) is -1.12. The highest BCUT2D eigenvalue weighted by molar-refractivity contribution is 7.13. The van der Waals surface area contributed by atoms with Crippen LogP contribution < -0.4 is 5.32 Å². The summed E-state index contributed by atoms with van der Waals surface area (Å²) in [4.78, 5) is 26.8. The van der Waals surface area contributed by atoms with Crippen LogP contribution >= 0.6 is 11.3 Å². The van der Waals surface area contributed by atoms with E-state index in [1.54, 1.807) is 5.38 Å². The van der Waals surface area contributed by atoms with Crippen LogP contribution in [0.1, 0.15) is 11.3 Å². The Morgan fingerprint density at radius 2 is 1.64 bits per heavy atom. The molecule has 0 unspecified atom stereocenters. The smallest absolute Gasteiger partial charge is 0.309 e. The summed E-state index contributed by atoms with van der Waals surface area (Å²) in [7, 11) is 0. The molecule has 3 aromatic rings. The van der Waals surface area contributed by atoms with Crippen molar-refractivity contribution < 1.29 is 14.7 Å². The summed E-state index contributed by atoms with van der Waals surface area (Å²) in [6.07, 6.45) is 0.0935. The number of amides is 1. The largest absolute Gasteiger partial charge is 0.481 e. The van der Waals surface area contributed by atoms with Gasteiger partial charge in [0.05, 0.1) is 18.5 Å². The molecule has 0 radical (unpaired) electrons. The summed E-state index contributed by atoms with van der Waals surface area (Å²) in [5.41, 5.74) is 3.58. The molecule has 0 fully saturated rings. The maximum atomic E-state index is 12.1. The zero-order valence-corrected chi connectivity index (χ0v) is 14.1. The molecule has 6 heteroatoms. The number of carbonyl (C=O) groups excluding carboxylic acids is 1. The van der Waals surface area contributed by atoms with Crippen LogP contribution in [0.25, 0.3) is 11.1 Å². The van der Waals surface area contributed by atoms with Gasteiger partial charge in [-0.15, -0.1) is 11.3 Å². The third-order valence-electron chi connectivity index (χ3n) is 3.56. The molecule has 2 N–H and O–H groups in total. The maximum absolute atomic E-state index is 12.1. The highest BCUT2D eigenvalue weighted by atomic mass is 32.1. The monoisotopic (exact) mass is 352 g/mol. The molecule has 0 aliphatic rings. The highest BCUT2D eigenvalue weighted by Gasteiger charge is 2.10. The fraction of sp³-hybridized carbons (Fsp3) is 0.105. The second-order valence-electron chi connectivity index (χ2n) is 5.50. The van der Waals surface area contributed by atoms with Crippen molar-refractivity contribution in [2.24, 2.45) is 0 Å². The van der Waals surface area contributed by atoms with Crippen LogP contribution in [0.5, 0.6) is 0 Å². The van der Waals surface area contributed by atoms with Gasteiger partial charge in [-0.1, -0.05) is 54.6 Å². The summed E-state index contributed by atoms with van der Waals surface area (Å²) in [6.45, 7) is 0. The van der Waals surface area contributed by atoms with E-state index in [1.165, 1.54) is 11.3 Å². The number of hydrogen-bond donors (Lipinski definition) is 2. The van der Waals surface area contributed by atoms with Gasteiger partial charge in [0.25, 0.3) is 0 Å². The number of aromatic nitrogens is 1. The Balaban J connectivity index is 1.59. The number of nitrogens with zero attached hydrogens (tertiary/aromatic N) is 1. The van der Waals surface area contributed by atoms with Crippen molar-refractivity contribution in [1.82, 2.24) is 4.98 Å².